The fourth-order valence-electron chi connectivity index (χ4n) is 4.58. The number of carbonyl (C=O) groups is 5. The van der Waals surface area contributed by atoms with Gasteiger partial charge < -0.3 is 10.1 Å². The third kappa shape index (κ3) is 5.39. The van der Waals surface area contributed by atoms with E-state index in [0.717, 1.165) is 32.7 Å². The van der Waals surface area contributed by atoms with Crippen molar-refractivity contribution in [1.29, 1.82) is 0 Å². The Bertz CT molecular complexity index is 1480. The molecule has 0 aromatic heterocycles. The van der Waals surface area contributed by atoms with E-state index in [9.17, 15) is 24.0 Å². The van der Waals surface area contributed by atoms with Gasteiger partial charge in [0.2, 0.25) is 5.91 Å². The summed E-state index contributed by atoms with van der Waals surface area (Å²) in [5, 5.41) is 2.27. The quantitative estimate of drug-likeness (QED) is 0.316. The molecule has 1 atom stereocenters. The highest BCUT2D eigenvalue weighted by Gasteiger charge is 2.43. The molecule has 3 aromatic carbocycles. The monoisotopic (exact) mass is 555 g/mol. The third-order valence-corrected chi connectivity index (χ3v) is 7.54. The first-order valence-corrected chi connectivity index (χ1v) is 13.4. The third-order valence-electron chi connectivity index (χ3n) is 6.63. The molecular formula is C30H25N3O6S. The number of benzene rings is 3. The molecule has 2 aliphatic rings. The Morgan fingerprint density at radius 2 is 1.50 bits per heavy atom. The lowest BCUT2D eigenvalue weighted by Crippen LogP contribution is -2.51. The van der Waals surface area contributed by atoms with Gasteiger partial charge in [0.05, 0.1) is 23.1 Å². The molecule has 1 fully saturated rings. The molecule has 2 aliphatic heterocycles. The number of fused-ring (bicyclic) bond motifs is 1. The zero-order chi connectivity index (χ0) is 28.2. The Morgan fingerprint density at radius 1 is 0.875 bits per heavy atom. The molecule has 5 rings (SSSR count). The number of amides is 5. The van der Waals surface area contributed by atoms with Crippen LogP contribution in [0.25, 0.3) is 6.08 Å². The van der Waals surface area contributed by atoms with Gasteiger partial charge in [0, 0.05) is 19.5 Å². The van der Waals surface area contributed by atoms with Crippen molar-refractivity contribution in [3.8, 4) is 5.75 Å². The molecule has 10 heteroatoms. The second kappa shape index (κ2) is 11.6. The van der Waals surface area contributed by atoms with E-state index in [-0.39, 0.29) is 35.5 Å². The van der Waals surface area contributed by atoms with Crippen molar-refractivity contribution in [3.63, 3.8) is 0 Å². The lowest BCUT2D eigenvalue weighted by molar-refractivity contribution is -0.126. The molecule has 202 valence electrons. The molecule has 3 aromatic rings. The highest BCUT2D eigenvalue weighted by Crippen LogP contribution is 2.32. The van der Waals surface area contributed by atoms with Gasteiger partial charge in [-0.1, -0.05) is 54.6 Å². The molecule has 2 heterocycles. The Labute approximate surface area is 234 Å². The van der Waals surface area contributed by atoms with Gasteiger partial charge in [-0.15, -0.1) is 0 Å². The highest BCUT2D eigenvalue weighted by molar-refractivity contribution is 8.18. The summed E-state index contributed by atoms with van der Waals surface area (Å²) in [4.78, 5) is 67.5. The van der Waals surface area contributed by atoms with E-state index in [1.807, 2.05) is 30.3 Å². The average Bonchev–Trinajstić information content (AvgIpc) is 3.39. The van der Waals surface area contributed by atoms with Crippen LogP contribution in [0.3, 0.4) is 0 Å². The fraction of sp³-hybridized carbons (Fsp3) is 0.167. The first-order valence-electron chi connectivity index (χ1n) is 12.6. The normalized spacial score (nSPS) is 16.5. The average molecular weight is 556 g/mol. The summed E-state index contributed by atoms with van der Waals surface area (Å²) >= 11 is 0.824. The Kier molecular flexibility index (Phi) is 7.79. The van der Waals surface area contributed by atoms with Crippen molar-refractivity contribution in [2.75, 3.05) is 20.2 Å². The summed E-state index contributed by atoms with van der Waals surface area (Å²) < 4.78 is 5.14. The van der Waals surface area contributed by atoms with E-state index in [1.54, 1.807) is 61.7 Å². The molecule has 9 nitrogen and oxygen atoms in total. The maximum absolute atomic E-state index is 13.4. The molecule has 0 bridgehead atoms. The number of nitrogens with zero attached hydrogens (tertiary/aromatic N) is 2. The number of carbonyl (C=O) groups excluding carboxylic acids is 5. The summed E-state index contributed by atoms with van der Waals surface area (Å²) in [7, 11) is 1.56. The van der Waals surface area contributed by atoms with Crippen LogP contribution in [0.1, 0.15) is 31.8 Å². The Morgan fingerprint density at radius 3 is 2.12 bits per heavy atom. The minimum Gasteiger partial charge on any atom is -0.497 e. The van der Waals surface area contributed by atoms with E-state index in [2.05, 4.69) is 5.32 Å². The van der Waals surface area contributed by atoms with Crippen LogP contribution in [-0.2, 0) is 16.0 Å². The molecule has 1 N–H and O–H groups in total. The van der Waals surface area contributed by atoms with E-state index in [1.165, 1.54) is 0 Å². The lowest BCUT2D eigenvalue weighted by atomic mass is 10.0. The molecule has 0 spiro atoms. The number of rotatable bonds is 9. The van der Waals surface area contributed by atoms with Crippen LogP contribution in [0.4, 0.5) is 4.79 Å². The van der Waals surface area contributed by atoms with Crippen LogP contribution in [-0.4, -0.2) is 64.9 Å². The van der Waals surface area contributed by atoms with Gasteiger partial charge in [-0.05, 0) is 53.2 Å². The second-order valence-corrected chi connectivity index (χ2v) is 10.1. The Hall–Kier alpha value is -4.70. The molecular weight excluding hydrogens is 530 g/mol. The molecule has 0 saturated carbocycles. The smallest absolute Gasteiger partial charge is 0.293 e. The maximum Gasteiger partial charge on any atom is 0.293 e. The summed E-state index contributed by atoms with van der Waals surface area (Å²) in [6, 6.07) is 21.5. The fourth-order valence-corrected chi connectivity index (χ4v) is 5.45. The largest absolute Gasteiger partial charge is 0.497 e. The van der Waals surface area contributed by atoms with Gasteiger partial charge >= 0.3 is 0 Å². The first kappa shape index (κ1) is 26.9. The molecule has 40 heavy (non-hydrogen) atoms. The van der Waals surface area contributed by atoms with Gasteiger partial charge in [-0.25, -0.2) is 0 Å². The van der Waals surface area contributed by atoms with Crippen LogP contribution in [0.2, 0.25) is 0 Å². The van der Waals surface area contributed by atoms with Crippen LogP contribution in [0, 0.1) is 0 Å². The number of methoxy groups -OCH3 is 1. The van der Waals surface area contributed by atoms with Gasteiger partial charge in [-0.2, -0.15) is 0 Å². The summed E-state index contributed by atoms with van der Waals surface area (Å²) in [6.07, 6.45) is 1.74. The summed E-state index contributed by atoms with van der Waals surface area (Å²) in [6.45, 7) is -0.0995. The maximum atomic E-state index is 13.4. The lowest BCUT2D eigenvalue weighted by Gasteiger charge is -2.26. The van der Waals surface area contributed by atoms with Gasteiger partial charge in [0.1, 0.15) is 11.8 Å². The van der Waals surface area contributed by atoms with Gasteiger partial charge in [-0.3, -0.25) is 33.8 Å². The second-order valence-electron chi connectivity index (χ2n) is 9.13. The minimum absolute atomic E-state index is 0.0405. The van der Waals surface area contributed by atoms with Crippen molar-refractivity contribution in [3.05, 3.63) is 106 Å². The Balaban J connectivity index is 1.27. The van der Waals surface area contributed by atoms with Gasteiger partial charge in [0.25, 0.3) is 23.0 Å². The van der Waals surface area contributed by atoms with Crippen molar-refractivity contribution < 1.29 is 28.7 Å². The van der Waals surface area contributed by atoms with E-state index in [4.69, 9.17) is 4.74 Å². The van der Waals surface area contributed by atoms with Crippen LogP contribution >= 0.6 is 11.8 Å². The van der Waals surface area contributed by atoms with Crippen molar-refractivity contribution in [2.24, 2.45) is 0 Å². The number of hydrogen-bond donors (Lipinski definition) is 1. The number of hydrogen-bond acceptors (Lipinski definition) is 7. The van der Waals surface area contributed by atoms with E-state index >= 15 is 0 Å². The zero-order valence-corrected chi connectivity index (χ0v) is 22.4. The number of ether oxygens (including phenoxy) is 1. The molecule has 1 unspecified atom stereocenters. The minimum atomic E-state index is -1.11. The predicted molar refractivity (Wildman–Crippen MR) is 150 cm³/mol. The van der Waals surface area contributed by atoms with Gasteiger partial charge in [0.15, 0.2) is 0 Å². The van der Waals surface area contributed by atoms with Crippen LogP contribution in [0.15, 0.2) is 83.8 Å². The predicted octanol–water partition coefficient (Wildman–Crippen LogP) is 3.76. The number of nitrogens with one attached hydrogen (secondary N) is 1. The van der Waals surface area contributed by atoms with E-state index in [0.29, 0.717) is 5.75 Å². The molecule has 5 amide bonds. The standard InChI is InChI=1S/C30H25N3O6S/c1-39-21-13-11-20(12-14-21)18-25-29(37)32(30(38)40-25)16-15-31-26(34)24(17-19-7-3-2-4-8-19)33-27(35)22-9-5-6-10-23(22)28(33)36/h2-14,18,24H,15-17H2,1H3,(H,31,34)/b25-18-. The summed E-state index contributed by atoms with van der Waals surface area (Å²) in [5.74, 6) is -1.41. The van der Waals surface area contributed by atoms with Crippen LogP contribution < -0.4 is 10.1 Å². The first-order chi connectivity index (χ1) is 19.4. The van der Waals surface area contributed by atoms with Crippen molar-refractivity contribution in [2.45, 2.75) is 12.5 Å². The molecule has 0 aliphatic carbocycles. The summed E-state index contributed by atoms with van der Waals surface area (Å²) in [5.41, 5.74) is 2.01. The highest BCUT2D eigenvalue weighted by atomic mass is 32.2. The van der Waals surface area contributed by atoms with Crippen molar-refractivity contribution in [1.82, 2.24) is 15.1 Å². The van der Waals surface area contributed by atoms with E-state index < -0.39 is 34.9 Å². The molecule has 1 saturated heterocycles. The van der Waals surface area contributed by atoms with Crippen LogP contribution in [0.5, 0.6) is 5.75 Å². The van der Waals surface area contributed by atoms with Crippen molar-refractivity contribution >= 4 is 46.7 Å². The topological polar surface area (TPSA) is 113 Å². The molecule has 0 radical (unpaired) electrons. The number of imide groups is 2. The number of thioether (sulfide) groups is 1. The zero-order valence-electron chi connectivity index (χ0n) is 21.5. The SMILES string of the molecule is COc1ccc(/C=C2\SC(=O)N(CCNC(=O)C(Cc3ccccc3)N3C(=O)c4ccccc4C3=O)C2=O)cc1.